The summed E-state index contributed by atoms with van der Waals surface area (Å²) < 4.78 is 0. The highest BCUT2D eigenvalue weighted by atomic mass is 16.6. The Morgan fingerprint density at radius 1 is 0.909 bits per heavy atom. The van der Waals surface area contributed by atoms with Crippen molar-refractivity contribution in [3.05, 3.63) is 87.0 Å². The Hall–Kier alpha value is -3.01. The van der Waals surface area contributed by atoms with Gasteiger partial charge in [-0.2, -0.15) is 0 Å². The van der Waals surface area contributed by atoms with Crippen LogP contribution in [-0.2, 0) is 6.42 Å². The number of ketones is 1. The number of nitrogens with zero attached hydrogens (tertiary/aromatic N) is 1. The largest absolute Gasteiger partial charge is 0.289 e. The molecular formula is C18H11NO3. The molecule has 0 unspecified atom stereocenters. The molecule has 0 aromatic heterocycles. The van der Waals surface area contributed by atoms with E-state index in [1.54, 1.807) is 30.3 Å². The Bertz CT molecular complexity index is 960. The number of fused-ring (bicyclic) bond motifs is 4. The fraction of sp³-hybridized carbons (Fsp3) is 0.0556. The van der Waals surface area contributed by atoms with E-state index in [1.807, 2.05) is 24.3 Å². The van der Waals surface area contributed by atoms with E-state index in [0.717, 1.165) is 11.1 Å². The molecule has 3 aromatic rings. The van der Waals surface area contributed by atoms with Gasteiger partial charge in [-0.15, -0.1) is 0 Å². The van der Waals surface area contributed by atoms with Crippen LogP contribution in [0.4, 0.5) is 5.69 Å². The lowest BCUT2D eigenvalue weighted by Crippen LogP contribution is -2.16. The Kier molecular flexibility index (Phi) is 2.60. The van der Waals surface area contributed by atoms with Crippen LogP contribution in [0.2, 0.25) is 0 Å². The second-order valence-electron chi connectivity index (χ2n) is 5.40. The van der Waals surface area contributed by atoms with Crippen LogP contribution in [0, 0.1) is 10.1 Å². The molecule has 0 fully saturated rings. The summed E-state index contributed by atoms with van der Waals surface area (Å²) in [4.78, 5) is 23.8. The Morgan fingerprint density at radius 3 is 2.36 bits per heavy atom. The van der Waals surface area contributed by atoms with Gasteiger partial charge in [0.05, 0.1) is 10.3 Å². The van der Waals surface area contributed by atoms with Crippen LogP contribution in [-0.4, -0.2) is 10.7 Å². The average molecular weight is 289 g/mol. The van der Waals surface area contributed by atoms with E-state index in [9.17, 15) is 14.9 Å². The van der Waals surface area contributed by atoms with E-state index in [0.29, 0.717) is 28.3 Å². The van der Waals surface area contributed by atoms with Gasteiger partial charge in [-0.05, 0) is 29.0 Å². The molecule has 0 N–H and O–H groups in total. The number of rotatable bonds is 1. The van der Waals surface area contributed by atoms with Crippen molar-refractivity contribution in [2.45, 2.75) is 6.42 Å². The van der Waals surface area contributed by atoms with Gasteiger partial charge in [-0.3, -0.25) is 14.9 Å². The summed E-state index contributed by atoms with van der Waals surface area (Å²) in [6.45, 7) is 0. The van der Waals surface area contributed by atoms with Crippen LogP contribution in [0.1, 0.15) is 27.0 Å². The molecule has 1 aliphatic rings. The molecule has 0 saturated carbocycles. The van der Waals surface area contributed by atoms with Crippen LogP contribution in [0.3, 0.4) is 0 Å². The van der Waals surface area contributed by atoms with Gasteiger partial charge >= 0.3 is 0 Å². The lowest BCUT2D eigenvalue weighted by Gasteiger charge is -2.20. The zero-order valence-corrected chi connectivity index (χ0v) is 11.6. The van der Waals surface area contributed by atoms with Crippen molar-refractivity contribution in [3.63, 3.8) is 0 Å². The maximum Gasteiger partial charge on any atom is 0.277 e. The highest BCUT2D eigenvalue weighted by Crippen LogP contribution is 2.37. The monoisotopic (exact) mass is 289 g/mol. The van der Waals surface area contributed by atoms with Gasteiger partial charge in [0.15, 0.2) is 5.78 Å². The van der Waals surface area contributed by atoms with E-state index in [1.165, 1.54) is 0 Å². The standard InChI is InChI=1S/C18H11NO3/c20-18-13-6-2-1-5-11(13)9-12-10-16(19(21)22)14-7-3-4-8-15(14)17(12)18/h1-8,10H,9H2. The van der Waals surface area contributed by atoms with Crippen LogP contribution in [0.25, 0.3) is 10.8 Å². The van der Waals surface area contributed by atoms with Crippen molar-refractivity contribution in [2.24, 2.45) is 0 Å². The van der Waals surface area contributed by atoms with Gasteiger partial charge in [0, 0.05) is 17.2 Å². The summed E-state index contributed by atoms with van der Waals surface area (Å²) in [6.07, 6.45) is 0.545. The molecule has 106 valence electrons. The van der Waals surface area contributed by atoms with Gasteiger partial charge in [0.25, 0.3) is 5.69 Å². The molecule has 0 atom stereocenters. The van der Waals surface area contributed by atoms with Crippen molar-refractivity contribution >= 4 is 22.2 Å². The molecule has 0 heterocycles. The molecule has 0 saturated heterocycles. The van der Waals surface area contributed by atoms with Crippen molar-refractivity contribution in [3.8, 4) is 0 Å². The fourth-order valence-electron chi connectivity index (χ4n) is 3.21. The smallest absolute Gasteiger partial charge is 0.277 e. The summed E-state index contributed by atoms with van der Waals surface area (Å²) in [5.74, 6) is -0.0528. The summed E-state index contributed by atoms with van der Waals surface area (Å²) in [5.41, 5.74) is 2.99. The number of hydrogen-bond acceptors (Lipinski definition) is 3. The first-order valence-corrected chi connectivity index (χ1v) is 6.98. The Balaban J connectivity index is 2.10. The summed E-state index contributed by atoms with van der Waals surface area (Å²) in [6, 6.07) is 16.0. The van der Waals surface area contributed by atoms with Gasteiger partial charge in [-0.1, -0.05) is 42.5 Å². The zero-order valence-electron chi connectivity index (χ0n) is 11.6. The highest BCUT2D eigenvalue weighted by molar-refractivity contribution is 6.20. The number of carbonyl (C=O) groups excluding carboxylic acids is 1. The van der Waals surface area contributed by atoms with E-state index in [-0.39, 0.29) is 16.4 Å². The number of non-ortho nitro benzene ring substituents is 1. The first kappa shape index (κ1) is 12.7. The zero-order chi connectivity index (χ0) is 15.3. The maximum atomic E-state index is 12.8. The van der Waals surface area contributed by atoms with Crippen molar-refractivity contribution in [1.82, 2.24) is 0 Å². The first-order chi connectivity index (χ1) is 10.7. The van der Waals surface area contributed by atoms with Crippen LogP contribution in [0.15, 0.2) is 54.6 Å². The predicted octanol–water partition coefficient (Wildman–Crippen LogP) is 3.88. The predicted molar refractivity (Wildman–Crippen MR) is 83.3 cm³/mol. The molecular weight excluding hydrogens is 278 g/mol. The van der Waals surface area contributed by atoms with E-state index in [2.05, 4.69) is 0 Å². The number of nitro groups is 1. The van der Waals surface area contributed by atoms with Crippen molar-refractivity contribution < 1.29 is 9.72 Å². The third-order valence-electron chi connectivity index (χ3n) is 4.17. The van der Waals surface area contributed by atoms with E-state index >= 15 is 0 Å². The number of benzene rings is 3. The average Bonchev–Trinajstić information content (AvgIpc) is 2.54. The van der Waals surface area contributed by atoms with Crippen LogP contribution < -0.4 is 0 Å². The lowest BCUT2D eigenvalue weighted by molar-refractivity contribution is -0.383. The normalized spacial score (nSPS) is 12.8. The minimum Gasteiger partial charge on any atom is -0.289 e. The Labute approximate surface area is 126 Å². The van der Waals surface area contributed by atoms with Crippen molar-refractivity contribution in [2.75, 3.05) is 0 Å². The molecule has 1 aliphatic carbocycles. The quantitative estimate of drug-likeness (QED) is 0.394. The molecule has 4 rings (SSSR count). The fourth-order valence-corrected chi connectivity index (χ4v) is 3.21. The lowest BCUT2D eigenvalue weighted by atomic mass is 9.82. The third kappa shape index (κ3) is 1.67. The summed E-state index contributed by atoms with van der Waals surface area (Å²) in [7, 11) is 0. The van der Waals surface area contributed by atoms with Gasteiger partial charge in [0.2, 0.25) is 0 Å². The first-order valence-electron chi connectivity index (χ1n) is 6.98. The molecule has 0 bridgehead atoms. The second kappa shape index (κ2) is 4.49. The van der Waals surface area contributed by atoms with Gasteiger partial charge in [0.1, 0.15) is 0 Å². The molecule has 0 spiro atoms. The third-order valence-corrected chi connectivity index (χ3v) is 4.17. The molecule has 4 nitrogen and oxygen atoms in total. The molecule has 0 aliphatic heterocycles. The van der Waals surface area contributed by atoms with E-state index < -0.39 is 0 Å². The minimum absolute atomic E-state index is 0.0528. The molecule has 0 radical (unpaired) electrons. The SMILES string of the molecule is O=C1c2ccccc2Cc2cc([N+](=O)[O-])c3ccccc3c21. The Morgan fingerprint density at radius 2 is 1.59 bits per heavy atom. The van der Waals surface area contributed by atoms with Gasteiger partial charge < -0.3 is 0 Å². The van der Waals surface area contributed by atoms with Crippen LogP contribution >= 0.6 is 0 Å². The van der Waals surface area contributed by atoms with E-state index in [4.69, 9.17) is 0 Å². The number of hydrogen-bond donors (Lipinski definition) is 0. The maximum absolute atomic E-state index is 12.8. The minimum atomic E-state index is -0.381. The van der Waals surface area contributed by atoms with Crippen LogP contribution in [0.5, 0.6) is 0 Å². The highest BCUT2D eigenvalue weighted by Gasteiger charge is 2.28. The second-order valence-corrected chi connectivity index (χ2v) is 5.40. The van der Waals surface area contributed by atoms with Crippen molar-refractivity contribution in [1.29, 1.82) is 0 Å². The molecule has 22 heavy (non-hydrogen) atoms. The summed E-state index contributed by atoms with van der Waals surface area (Å²) in [5, 5.41) is 12.5. The summed E-state index contributed by atoms with van der Waals surface area (Å²) >= 11 is 0. The van der Waals surface area contributed by atoms with Gasteiger partial charge in [-0.25, -0.2) is 0 Å². The molecule has 0 amide bonds. The number of carbonyl (C=O) groups is 1. The number of nitro benzene ring substituents is 1. The molecule has 4 heteroatoms. The topological polar surface area (TPSA) is 60.2 Å². The molecule has 3 aromatic carbocycles.